The first-order chi connectivity index (χ1) is 9.31. The Morgan fingerprint density at radius 3 is 2.35 bits per heavy atom. The average molecular weight is 282 g/mol. The SMILES string of the molecule is CN1C(=O)/C(=C/c2cc(F)c(O)c(F)c2)N=C1C(=O)O. The monoisotopic (exact) mass is 282 g/mol. The molecule has 0 bridgehead atoms. The Morgan fingerprint density at radius 1 is 1.35 bits per heavy atom. The van der Waals surface area contributed by atoms with Gasteiger partial charge in [-0.05, 0) is 23.8 Å². The third-order valence-corrected chi connectivity index (χ3v) is 2.60. The lowest BCUT2D eigenvalue weighted by Crippen LogP contribution is -2.32. The van der Waals surface area contributed by atoms with Gasteiger partial charge in [0.2, 0.25) is 5.84 Å². The number of phenols is 1. The number of aliphatic imine (C=N–C) groups is 1. The number of carboxylic acids is 1. The summed E-state index contributed by atoms with van der Waals surface area (Å²) < 4.78 is 26.3. The molecule has 0 saturated heterocycles. The molecule has 2 N–H and O–H groups in total. The molecule has 0 aromatic heterocycles. The quantitative estimate of drug-likeness (QED) is 0.791. The summed E-state index contributed by atoms with van der Waals surface area (Å²) >= 11 is 0. The lowest BCUT2D eigenvalue weighted by molar-refractivity contribution is -0.131. The summed E-state index contributed by atoms with van der Waals surface area (Å²) in [6.07, 6.45) is 1.03. The maximum absolute atomic E-state index is 13.1. The minimum Gasteiger partial charge on any atom is -0.503 e. The predicted molar refractivity (Wildman–Crippen MR) is 63.8 cm³/mol. The molecule has 1 amide bonds. The summed E-state index contributed by atoms with van der Waals surface area (Å²) in [6, 6.07) is 1.60. The third-order valence-electron chi connectivity index (χ3n) is 2.60. The van der Waals surface area contributed by atoms with Crippen LogP contribution in [0.5, 0.6) is 5.75 Å². The molecule has 2 rings (SSSR count). The Bertz CT molecular complexity index is 659. The van der Waals surface area contributed by atoms with Gasteiger partial charge in [-0.3, -0.25) is 9.69 Å². The van der Waals surface area contributed by atoms with E-state index < -0.39 is 35.1 Å². The topological polar surface area (TPSA) is 90.2 Å². The van der Waals surface area contributed by atoms with Crippen LogP contribution in [0.25, 0.3) is 6.08 Å². The second kappa shape index (κ2) is 4.72. The van der Waals surface area contributed by atoms with E-state index in [4.69, 9.17) is 10.2 Å². The number of nitrogens with zero attached hydrogens (tertiary/aromatic N) is 2. The van der Waals surface area contributed by atoms with Crippen molar-refractivity contribution in [2.75, 3.05) is 7.05 Å². The Labute approximate surface area is 111 Å². The van der Waals surface area contributed by atoms with Gasteiger partial charge in [0, 0.05) is 7.05 Å². The number of halogens is 2. The molecular formula is C12H8F2N2O4. The second-order valence-electron chi connectivity index (χ2n) is 3.97. The van der Waals surface area contributed by atoms with Crippen molar-refractivity contribution in [2.24, 2.45) is 4.99 Å². The van der Waals surface area contributed by atoms with Crippen molar-refractivity contribution in [3.8, 4) is 5.75 Å². The zero-order valence-electron chi connectivity index (χ0n) is 10.1. The van der Waals surface area contributed by atoms with E-state index >= 15 is 0 Å². The van der Waals surface area contributed by atoms with Crippen LogP contribution in [0.3, 0.4) is 0 Å². The molecular weight excluding hydrogens is 274 g/mol. The fraction of sp³-hybridized carbons (Fsp3) is 0.0833. The van der Waals surface area contributed by atoms with Gasteiger partial charge in [-0.15, -0.1) is 0 Å². The minimum atomic E-state index is -1.40. The van der Waals surface area contributed by atoms with Crippen LogP contribution >= 0.6 is 0 Å². The first kappa shape index (κ1) is 13.7. The van der Waals surface area contributed by atoms with E-state index in [0.29, 0.717) is 0 Å². The van der Waals surface area contributed by atoms with E-state index in [0.717, 1.165) is 23.1 Å². The summed E-state index contributed by atoms with van der Waals surface area (Å²) in [4.78, 5) is 26.9. The van der Waals surface area contributed by atoms with E-state index in [1.165, 1.54) is 7.05 Å². The molecule has 0 spiro atoms. The molecule has 0 unspecified atom stereocenters. The van der Waals surface area contributed by atoms with Gasteiger partial charge in [0.25, 0.3) is 5.91 Å². The van der Waals surface area contributed by atoms with Crippen molar-refractivity contribution >= 4 is 23.8 Å². The van der Waals surface area contributed by atoms with Gasteiger partial charge in [-0.25, -0.2) is 18.6 Å². The fourth-order valence-corrected chi connectivity index (χ4v) is 1.62. The summed E-state index contributed by atoms with van der Waals surface area (Å²) in [5.74, 6) is -6.11. The number of aliphatic carboxylic acids is 1. The zero-order chi connectivity index (χ0) is 15.0. The van der Waals surface area contributed by atoms with Crippen LogP contribution in [0.2, 0.25) is 0 Å². The Morgan fingerprint density at radius 2 is 1.90 bits per heavy atom. The van der Waals surface area contributed by atoms with Crippen molar-refractivity contribution in [1.82, 2.24) is 4.90 Å². The Balaban J connectivity index is 2.46. The van der Waals surface area contributed by atoms with Gasteiger partial charge in [-0.2, -0.15) is 0 Å². The molecule has 1 aliphatic rings. The molecule has 0 aliphatic carbocycles. The summed E-state index contributed by atoms with van der Waals surface area (Å²) in [7, 11) is 1.22. The number of benzene rings is 1. The highest BCUT2D eigenvalue weighted by molar-refractivity contribution is 6.41. The lowest BCUT2D eigenvalue weighted by atomic mass is 10.1. The van der Waals surface area contributed by atoms with Crippen molar-refractivity contribution in [3.63, 3.8) is 0 Å². The zero-order valence-corrected chi connectivity index (χ0v) is 10.1. The number of aromatic hydroxyl groups is 1. The third kappa shape index (κ3) is 2.22. The second-order valence-corrected chi connectivity index (χ2v) is 3.97. The van der Waals surface area contributed by atoms with Gasteiger partial charge < -0.3 is 10.2 Å². The standard InChI is InChI=1S/C12H8F2N2O4/c1-16-10(12(19)20)15-8(11(16)18)4-5-2-6(13)9(17)7(14)3-5/h2-4,17H,1H3,(H,19,20)/b8-4-. The Kier molecular flexibility index (Phi) is 3.23. The highest BCUT2D eigenvalue weighted by Gasteiger charge is 2.31. The number of amidine groups is 1. The van der Waals surface area contributed by atoms with Crippen LogP contribution in [0, 0.1) is 11.6 Å². The first-order valence-corrected chi connectivity index (χ1v) is 5.31. The molecule has 0 atom stereocenters. The number of carbonyl (C=O) groups excluding carboxylic acids is 1. The number of carbonyl (C=O) groups is 2. The largest absolute Gasteiger partial charge is 0.503 e. The molecule has 8 heteroatoms. The highest BCUT2D eigenvalue weighted by Crippen LogP contribution is 2.24. The van der Waals surface area contributed by atoms with Crippen LogP contribution in [-0.4, -0.2) is 39.9 Å². The van der Waals surface area contributed by atoms with Crippen LogP contribution in [0.15, 0.2) is 22.8 Å². The number of rotatable bonds is 2. The molecule has 1 aromatic rings. The van der Waals surface area contributed by atoms with Crippen LogP contribution in [0.4, 0.5) is 8.78 Å². The molecule has 0 radical (unpaired) electrons. The number of hydrogen-bond acceptors (Lipinski definition) is 4. The minimum absolute atomic E-state index is 0.0649. The maximum Gasteiger partial charge on any atom is 0.372 e. The van der Waals surface area contributed by atoms with Gasteiger partial charge in [-0.1, -0.05) is 0 Å². The van der Waals surface area contributed by atoms with E-state index in [1.807, 2.05) is 0 Å². The van der Waals surface area contributed by atoms with Crippen molar-refractivity contribution < 1.29 is 28.6 Å². The van der Waals surface area contributed by atoms with E-state index in [-0.39, 0.29) is 11.3 Å². The van der Waals surface area contributed by atoms with E-state index in [9.17, 15) is 18.4 Å². The molecule has 0 fully saturated rings. The van der Waals surface area contributed by atoms with E-state index in [1.54, 1.807) is 0 Å². The van der Waals surface area contributed by atoms with Crippen LogP contribution in [-0.2, 0) is 9.59 Å². The van der Waals surface area contributed by atoms with Gasteiger partial charge in [0.05, 0.1) is 0 Å². The number of carboxylic acid groups (broad SMARTS) is 1. The number of likely N-dealkylation sites (N-methyl/N-ethyl adjacent to an activating group) is 1. The first-order valence-electron chi connectivity index (χ1n) is 5.31. The van der Waals surface area contributed by atoms with E-state index in [2.05, 4.69) is 4.99 Å². The number of phenolic OH excluding ortho intramolecular Hbond substituents is 1. The lowest BCUT2D eigenvalue weighted by Gasteiger charge is -2.06. The smallest absolute Gasteiger partial charge is 0.372 e. The van der Waals surface area contributed by atoms with Gasteiger partial charge in [0.1, 0.15) is 5.70 Å². The highest BCUT2D eigenvalue weighted by atomic mass is 19.1. The average Bonchev–Trinajstić information content (AvgIpc) is 2.64. The molecule has 20 heavy (non-hydrogen) atoms. The van der Waals surface area contributed by atoms with Crippen molar-refractivity contribution in [3.05, 3.63) is 35.0 Å². The summed E-state index contributed by atoms with van der Waals surface area (Å²) in [5, 5.41) is 17.8. The molecule has 1 aliphatic heterocycles. The Hall–Kier alpha value is -2.77. The maximum atomic E-state index is 13.1. The van der Waals surface area contributed by atoms with Crippen molar-refractivity contribution in [1.29, 1.82) is 0 Å². The van der Waals surface area contributed by atoms with Crippen LogP contribution in [0.1, 0.15) is 5.56 Å². The van der Waals surface area contributed by atoms with Crippen molar-refractivity contribution in [2.45, 2.75) is 0 Å². The normalized spacial score (nSPS) is 16.8. The summed E-state index contributed by atoms with van der Waals surface area (Å²) in [6.45, 7) is 0. The molecule has 6 nitrogen and oxygen atoms in total. The molecule has 1 aromatic carbocycles. The van der Waals surface area contributed by atoms with Gasteiger partial charge in [0.15, 0.2) is 17.4 Å². The number of amides is 1. The summed E-state index contributed by atoms with van der Waals surface area (Å²) in [5.41, 5.74) is -0.334. The predicted octanol–water partition coefficient (Wildman–Crippen LogP) is 0.966. The molecule has 104 valence electrons. The fourth-order valence-electron chi connectivity index (χ4n) is 1.62. The van der Waals surface area contributed by atoms with Crippen LogP contribution < -0.4 is 0 Å². The number of hydrogen-bond donors (Lipinski definition) is 2. The van der Waals surface area contributed by atoms with Gasteiger partial charge >= 0.3 is 5.97 Å². The molecule has 0 saturated carbocycles. The molecule has 1 heterocycles.